The zero-order valence-corrected chi connectivity index (χ0v) is 7.69. The van der Waals surface area contributed by atoms with Gasteiger partial charge in [-0.15, -0.1) is 0 Å². The van der Waals surface area contributed by atoms with E-state index < -0.39 is 16.0 Å². The highest BCUT2D eigenvalue weighted by atomic mass is 32.2. The van der Waals surface area contributed by atoms with Gasteiger partial charge >= 0.3 is 0 Å². The average Bonchev–Trinajstić information content (AvgIpc) is 2.20. The van der Waals surface area contributed by atoms with Crippen molar-refractivity contribution < 1.29 is 12.8 Å². The van der Waals surface area contributed by atoms with Crippen LogP contribution in [0, 0.1) is 5.92 Å². The van der Waals surface area contributed by atoms with Crippen LogP contribution in [0.1, 0.15) is 12.8 Å². The van der Waals surface area contributed by atoms with E-state index in [4.69, 9.17) is 5.73 Å². The topological polar surface area (TPSA) is 60.2 Å². The normalized spacial score (nSPS) is 33.8. The molecule has 0 aromatic heterocycles. The number of hydrogen-bond donors (Lipinski definition) is 1. The molecule has 0 aliphatic carbocycles. The van der Waals surface area contributed by atoms with Crippen LogP contribution in [-0.2, 0) is 9.84 Å². The summed E-state index contributed by atoms with van der Waals surface area (Å²) in [6.45, 7) is 0.503. The summed E-state index contributed by atoms with van der Waals surface area (Å²) in [5, 5.41) is 0. The van der Waals surface area contributed by atoms with E-state index in [-0.39, 0.29) is 17.4 Å². The lowest BCUT2D eigenvalue weighted by Gasteiger charge is -2.08. The lowest BCUT2D eigenvalue weighted by atomic mass is 10.0. The van der Waals surface area contributed by atoms with Gasteiger partial charge in [-0.2, -0.15) is 0 Å². The molecule has 1 rings (SSSR count). The molecule has 0 aromatic rings. The summed E-state index contributed by atoms with van der Waals surface area (Å²) in [7, 11) is -3.09. The molecule has 1 aliphatic heterocycles. The molecule has 0 aromatic carbocycles. The molecule has 12 heavy (non-hydrogen) atoms. The molecule has 3 nitrogen and oxygen atoms in total. The van der Waals surface area contributed by atoms with Crippen LogP contribution in [0.2, 0.25) is 0 Å². The van der Waals surface area contributed by atoms with Gasteiger partial charge in [0.15, 0.2) is 9.84 Å². The van der Waals surface area contributed by atoms with Gasteiger partial charge in [-0.3, -0.25) is 0 Å². The van der Waals surface area contributed by atoms with Gasteiger partial charge in [-0.1, -0.05) is 0 Å². The van der Waals surface area contributed by atoms with E-state index in [2.05, 4.69) is 0 Å². The Morgan fingerprint density at radius 3 is 2.50 bits per heavy atom. The quantitative estimate of drug-likeness (QED) is 0.695. The first-order chi connectivity index (χ1) is 5.55. The van der Waals surface area contributed by atoms with Gasteiger partial charge in [0, 0.05) is 5.92 Å². The van der Waals surface area contributed by atoms with E-state index in [9.17, 15) is 12.8 Å². The first-order valence-corrected chi connectivity index (χ1v) is 5.92. The van der Waals surface area contributed by atoms with Crippen LogP contribution in [0.4, 0.5) is 4.39 Å². The first-order valence-electron chi connectivity index (χ1n) is 4.10. The summed E-state index contributed by atoms with van der Waals surface area (Å²) < 4.78 is 34.9. The number of nitrogens with two attached hydrogens (primary N) is 1. The predicted octanol–water partition coefficient (Wildman–Crippen LogP) is 0.108. The van der Waals surface area contributed by atoms with E-state index in [1.807, 2.05) is 0 Å². The second kappa shape index (κ2) is 3.70. The Hall–Kier alpha value is -0.160. The molecule has 72 valence electrons. The van der Waals surface area contributed by atoms with Crippen LogP contribution in [0.25, 0.3) is 0 Å². The summed E-state index contributed by atoms with van der Waals surface area (Å²) >= 11 is 0. The maximum absolute atomic E-state index is 13.0. The third-order valence-electron chi connectivity index (χ3n) is 2.17. The zero-order valence-electron chi connectivity index (χ0n) is 6.87. The van der Waals surface area contributed by atoms with Crippen molar-refractivity contribution in [3.63, 3.8) is 0 Å². The fourth-order valence-electron chi connectivity index (χ4n) is 1.52. The molecule has 2 atom stereocenters. The molecule has 0 spiro atoms. The lowest BCUT2D eigenvalue weighted by Crippen LogP contribution is -2.14. The van der Waals surface area contributed by atoms with Crippen molar-refractivity contribution >= 4 is 9.84 Å². The van der Waals surface area contributed by atoms with E-state index in [1.165, 1.54) is 0 Å². The third kappa shape index (κ3) is 2.42. The number of halogens is 1. The molecule has 2 unspecified atom stereocenters. The van der Waals surface area contributed by atoms with Gasteiger partial charge in [0.2, 0.25) is 0 Å². The van der Waals surface area contributed by atoms with Crippen molar-refractivity contribution in [2.75, 3.05) is 18.1 Å². The van der Waals surface area contributed by atoms with Gasteiger partial charge in [0.25, 0.3) is 0 Å². The molecule has 5 heteroatoms. The summed E-state index contributed by atoms with van der Waals surface area (Å²) in [6.07, 6.45) is 0.138. The minimum atomic E-state index is -3.09. The molecule has 1 heterocycles. The molecule has 0 radical (unpaired) electrons. The standard InChI is InChI=1S/C7H14FNO2S/c8-7-5-12(10,11)4-6(7)2-1-3-9/h6-7H,1-5,9H2. The molecular formula is C7H14FNO2S. The second-order valence-corrected chi connectivity index (χ2v) is 5.44. The Labute approximate surface area is 72.1 Å². The van der Waals surface area contributed by atoms with Crippen LogP contribution in [-0.4, -0.2) is 32.6 Å². The Kier molecular flexibility index (Phi) is 3.06. The van der Waals surface area contributed by atoms with Crippen molar-refractivity contribution in [3.05, 3.63) is 0 Å². The fourth-order valence-corrected chi connectivity index (χ4v) is 3.44. The monoisotopic (exact) mass is 195 g/mol. The van der Waals surface area contributed by atoms with Crippen molar-refractivity contribution in [2.24, 2.45) is 11.7 Å². The van der Waals surface area contributed by atoms with Crippen molar-refractivity contribution in [3.8, 4) is 0 Å². The van der Waals surface area contributed by atoms with E-state index in [0.29, 0.717) is 19.4 Å². The van der Waals surface area contributed by atoms with Crippen molar-refractivity contribution in [1.82, 2.24) is 0 Å². The molecule has 0 bridgehead atoms. The SMILES string of the molecule is NCCCC1CS(=O)(=O)CC1F. The highest BCUT2D eigenvalue weighted by Crippen LogP contribution is 2.25. The minimum absolute atomic E-state index is 0.00810. The number of hydrogen-bond acceptors (Lipinski definition) is 3. The van der Waals surface area contributed by atoms with Crippen molar-refractivity contribution in [1.29, 1.82) is 0 Å². The predicted molar refractivity (Wildman–Crippen MR) is 45.3 cm³/mol. The Bertz CT molecular complexity index is 240. The summed E-state index contributed by atoms with van der Waals surface area (Å²) in [5.41, 5.74) is 5.25. The lowest BCUT2D eigenvalue weighted by molar-refractivity contribution is 0.271. The van der Waals surface area contributed by atoms with Crippen LogP contribution in [0.5, 0.6) is 0 Å². The van der Waals surface area contributed by atoms with Crippen molar-refractivity contribution in [2.45, 2.75) is 19.0 Å². The number of rotatable bonds is 3. The molecular weight excluding hydrogens is 181 g/mol. The highest BCUT2D eigenvalue weighted by Gasteiger charge is 2.36. The molecule has 1 aliphatic rings. The molecule has 1 saturated heterocycles. The minimum Gasteiger partial charge on any atom is -0.330 e. The number of alkyl halides is 1. The summed E-state index contributed by atoms with van der Waals surface area (Å²) in [5.74, 6) is -0.588. The molecule has 0 amide bonds. The molecule has 1 fully saturated rings. The largest absolute Gasteiger partial charge is 0.330 e. The van der Waals surface area contributed by atoms with Gasteiger partial charge in [-0.05, 0) is 19.4 Å². The van der Waals surface area contributed by atoms with E-state index in [0.717, 1.165) is 0 Å². The van der Waals surface area contributed by atoms with Crippen LogP contribution in [0.3, 0.4) is 0 Å². The number of sulfone groups is 1. The molecule has 0 saturated carbocycles. The Morgan fingerprint density at radius 2 is 2.08 bits per heavy atom. The van der Waals surface area contributed by atoms with Gasteiger partial charge in [-0.25, -0.2) is 12.8 Å². The van der Waals surface area contributed by atoms with Crippen LogP contribution >= 0.6 is 0 Å². The smallest absolute Gasteiger partial charge is 0.153 e. The maximum Gasteiger partial charge on any atom is 0.153 e. The first kappa shape index (κ1) is 9.92. The highest BCUT2D eigenvalue weighted by molar-refractivity contribution is 7.91. The third-order valence-corrected chi connectivity index (χ3v) is 3.93. The summed E-state index contributed by atoms with van der Waals surface area (Å²) in [4.78, 5) is 0. The van der Waals surface area contributed by atoms with Gasteiger partial charge in [0.1, 0.15) is 6.17 Å². The molecule has 2 N–H and O–H groups in total. The van der Waals surface area contributed by atoms with Crippen LogP contribution in [0.15, 0.2) is 0 Å². The van der Waals surface area contributed by atoms with Crippen LogP contribution < -0.4 is 5.73 Å². The fraction of sp³-hybridized carbons (Fsp3) is 1.00. The summed E-state index contributed by atoms with van der Waals surface area (Å²) in [6, 6.07) is 0. The van der Waals surface area contributed by atoms with E-state index in [1.54, 1.807) is 0 Å². The van der Waals surface area contributed by atoms with Gasteiger partial charge < -0.3 is 5.73 Å². The Morgan fingerprint density at radius 1 is 1.42 bits per heavy atom. The second-order valence-electron chi connectivity index (χ2n) is 3.28. The van der Waals surface area contributed by atoms with E-state index >= 15 is 0 Å². The Balaban J connectivity index is 2.47. The maximum atomic E-state index is 13.0. The zero-order chi connectivity index (χ0) is 9.19. The average molecular weight is 195 g/mol. The van der Waals surface area contributed by atoms with Gasteiger partial charge in [0.05, 0.1) is 11.5 Å².